The number of halogens is 1. The molecule has 100 valence electrons. The van der Waals surface area contributed by atoms with Crippen molar-refractivity contribution in [3.63, 3.8) is 0 Å². The highest BCUT2D eigenvalue weighted by Gasteiger charge is 2.31. The van der Waals surface area contributed by atoms with Crippen molar-refractivity contribution in [2.24, 2.45) is 17.6 Å². The van der Waals surface area contributed by atoms with Crippen LogP contribution in [-0.4, -0.2) is 24.0 Å². The second kappa shape index (κ2) is 5.37. The topological polar surface area (TPSA) is 29.3 Å². The van der Waals surface area contributed by atoms with Crippen LogP contribution in [0.15, 0.2) is 24.3 Å². The highest BCUT2D eigenvalue weighted by Crippen LogP contribution is 2.28. The maximum Gasteiger partial charge on any atom is 0.123 e. The molecule has 1 saturated heterocycles. The van der Waals surface area contributed by atoms with Crippen LogP contribution < -0.4 is 5.73 Å². The Balaban J connectivity index is 2.05. The van der Waals surface area contributed by atoms with Crippen LogP contribution in [0, 0.1) is 17.7 Å². The Morgan fingerprint density at radius 1 is 1.17 bits per heavy atom. The minimum Gasteiger partial charge on any atom is -0.323 e. The van der Waals surface area contributed by atoms with Crippen molar-refractivity contribution in [1.82, 2.24) is 4.90 Å². The third-order valence-electron chi connectivity index (χ3n) is 4.37. The number of rotatable bonds is 3. The van der Waals surface area contributed by atoms with E-state index in [1.807, 2.05) is 0 Å². The van der Waals surface area contributed by atoms with Gasteiger partial charge in [-0.25, -0.2) is 4.39 Å². The fraction of sp³-hybridized carbons (Fsp3) is 0.600. The van der Waals surface area contributed by atoms with Gasteiger partial charge in [-0.15, -0.1) is 0 Å². The molecular formula is C15H23FN2. The van der Waals surface area contributed by atoms with Crippen molar-refractivity contribution in [2.45, 2.75) is 32.9 Å². The lowest BCUT2D eigenvalue weighted by Crippen LogP contribution is -2.39. The van der Waals surface area contributed by atoms with Crippen LogP contribution in [0.1, 0.15) is 32.4 Å². The van der Waals surface area contributed by atoms with E-state index in [1.165, 1.54) is 12.1 Å². The van der Waals surface area contributed by atoms with Crippen LogP contribution in [-0.2, 0) is 0 Å². The van der Waals surface area contributed by atoms with Gasteiger partial charge in [0.15, 0.2) is 0 Å². The Labute approximate surface area is 109 Å². The van der Waals surface area contributed by atoms with Crippen molar-refractivity contribution in [3.05, 3.63) is 35.6 Å². The Hall–Kier alpha value is -0.930. The van der Waals surface area contributed by atoms with Gasteiger partial charge in [-0.3, -0.25) is 4.90 Å². The van der Waals surface area contributed by atoms with E-state index in [1.54, 1.807) is 12.1 Å². The van der Waals surface area contributed by atoms with Crippen molar-refractivity contribution in [3.8, 4) is 0 Å². The highest BCUT2D eigenvalue weighted by atomic mass is 19.1. The summed E-state index contributed by atoms with van der Waals surface area (Å²) in [6, 6.07) is 6.79. The first-order valence-electron chi connectivity index (χ1n) is 6.74. The molecule has 1 aliphatic heterocycles. The van der Waals surface area contributed by atoms with E-state index in [0.717, 1.165) is 30.5 Å². The maximum absolute atomic E-state index is 12.9. The van der Waals surface area contributed by atoms with E-state index < -0.39 is 0 Å². The summed E-state index contributed by atoms with van der Waals surface area (Å²) in [6.45, 7) is 8.97. The lowest BCUT2D eigenvalue weighted by molar-refractivity contribution is 0.217. The van der Waals surface area contributed by atoms with Crippen LogP contribution in [0.25, 0.3) is 0 Å². The fourth-order valence-corrected chi connectivity index (χ4v) is 2.70. The van der Waals surface area contributed by atoms with Crippen LogP contribution in [0.4, 0.5) is 4.39 Å². The standard InChI is InChI=1S/C15H23FN2/c1-10-8-18(9-11(10)2)12(3)15(17)13-4-6-14(16)7-5-13/h4-7,10-12,15H,8-9,17H2,1-3H3. The summed E-state index contributed by atoms with van der Waals surface area (Å²) in [5.41, 5.74) is 7.31. The largest absolute Gasteiger partial charge is 0.323 e. The van der Waals surface area contributed by atoms with Crippen LogP contribution in [0.3, 0.4) is 0 Å². The van der Waals surface area contributed by atoms with Crippen LogP contribution in [0.2, 0.25) is 0 Å². The second-order valence-corrected chi connectivity index (χ2v) is 5.73. The quantitative estimate of drug-likeness (QED) is 0.894. The normalized spacial score (nSPS) is 28.3. The molecule has 0 aliphatic carbocycles. The molecule has 1 aliphatic rings. The van der Waals surface area contributed by atoms with Crippen molar-refractivity contribution in [1.29, 1.82) is 0 Å². The predicted molar refractivity (Wildman–Crippen MR) is 72.7 cm³/mol. The van der Waals surface area contributed by atoms with E-state index in [4.69, 9.17) is 5.73 Å². The van der Waals surface area contributed by atoms with Crippen molar-refractivity contribution < 1.29 is 4.39 Å². The summed E-state index contributed by atoms with van der Waals surface area (Å²) in [4.78, 5) is 2.45. The summed E-state index contributed by atoms with van der Waals surface area (Å²) in [7, 11) is 0. The molecule has 1 aromatic carbocycles. The van der Waals surface area contributed by atoms with Gasteiger partial charge in [-0.1, -0.05) is 26.0 Å². The number of nitrogens with zero attached hydrogens (tertiary/aromatic N) is 1. The zero-order valence-electron chi connectivity index (χ0n) is 11.4. The summed E-state index contributed by atoms with van der Waals surface area (Å²) in [5, 5.41) is 0. The molecule has 3 heteroatoms. The molecule has 1 fully saturated rings. The van der Waals surface area contributed by atoms with Crippen LogP contribution in [0.5, 0.6) is 0 Å². The number of likely N-dealkylation sites (tertiary alicyclic amines) is 1. The van der Waals surface area contributed by atoms with Gasteiger partial charge < -0.3 is 5.73 Å². The van der Waals surface area contributed by atoms with Gasteiger partial charge in [0.2, 0.25) is 0 Å². The SMILES string of the molecule is CC1CN(C(C)C(N)c2ccc(F)cc2)CC1C. The lowest BCUT2D eigenvalue weighted by Gasteiger charge is -2.30. The van der Waals surface area contributed by atoms with E-state index in [9.17, 15) is 4.39 Å². The Morgan fingerprint density at radius 3 is 2.17 bits per heavy atom. The number of hydrogen-bond acceptors (Lipinski definition) is 2. The molecule has 2 nitrogen and oxygen atoms in total. The van der Waals surface area contributed by atoms with Crippen molar-refractivity contribution >= 4 is 0 Å². The van der Waals surface area contributed by atoms with Crippen LogP contribution >= 0.6 is 0 Å². The number of nitrogens with two attached hydrogens (primary N) is 1. The highest BCUT2D eigenvalue weighted by molar-refractivity contribution is 5.21. The van der Waals surface area contributed by atoms with E-state index >= 15 is 0 Å². The van der Waals surface area contributed by atoms with Gasteiger partial charge in [-0.05, 0) is 36.5 Å². The lowest BCUT2D eigenvalue weighted by atomic mass is 10.0. The summed E-state index contributed by atoms with van der Waals surface area (Å²) in [6.07, 6.45) is 0. The summed E-state index contributed by atoms with van der Waals surface area (Å²) in [5.74, 6) is 1.25. The van der Waals surface area contributed by atoms with E-state index in [2.05, 4.69) is 25.7 Å². The Bertz CT molecular complexity index is 380. The smallest absolute Gasteiger partial charge is 0.123 e. The molecule has 0 amide bonds. The van der Waals surface area contributed by atoms with Crippen molar-refractivity contribution in [2.75, 3.05) is 13.1 Å². The van der Waals surface area contributed by atoms with Gasteiger partial charge >= 0.3 is 0 Å². The minimum atomic E-state index is -0.206. The van der Waals surface area contributed by atoms with Gasteiger partial charge in [0, 0.05) is 25.2 Å². The minimum absolute atomic E-state index is 0.0527. The molecule has 0 radical (unpaired) electrons. The third kappa shape index (κ3) is 2.73. The first-order chi connectivity index (χ1) is 8.49. The maximum atomic E-state index is 12.9. The number of benzene rings is 1. The molecule has 0 saturated carbocycles. The zero-order chi connectivity index (χ0) is 13.3. The Morgan fingerprint density at radius 2 is 1.67 bits per heavy atom. The summed E-state index contributed by atoms with van der Waals surface area (Å²) >= 11 is 0. The molecule has 2 rings (SSSR count). The molecule has 0 spiro atoms. The predicted octanol–water partition coefficient (Wildman–Crippen LogP) is 2.80. The fourth-order valence-electron chi connectivity index (χ4n) is 2.70. The van der Waals surface area contributed by atoms with Gasteiger partial charge in [-0.2, -0.15) is 0 Å². The molecule has 0 bridgehead atoms. The zero-order valence-corrected chi connectivity index (χ0v) is 11.4. The third-order valence-corrected chi connectivity index (χ3v) is 4.37. The average Bonchev–Trinajstić information content (AvgIpc) is 2.69. The second-order valence-electron chi connectivity index (χ2n) is 5.73. The molecule has 4 atom stereocenters. The monoisotopic (exact) mass is 250 g/mol. The molecule has 2 N–H and O–H groups in total. The van der Waals surface area contributed by atoms with E-state index in [0.29, 0.717) is 6.04 Å². The Kier molecular flexibility index (Phi) is 4.03. The molecule has 1 heterocycles. The molecule has 18 heavy (non-hydrogen) atoms. The van der Waals surface area contributed by atoms with Gasteiger partial charge in [0.25, 0.3) is 0 Å². The molecule has 4 unspecified atom stereocenters. The first kappa shape index (κ1) is 13.5. The molecule has 1 aromatic rings. The molecular weight excluding hydrogens is 227 g/mol. The first-order valence-corrected chi connectivity index (χ1v) is 6.74. The summed E-state index contributed by atoms with van der Waals surface area (Å²) < 4.78 is 12.9. The average molecular weight is 250 g/mol. The van der Waals surface area contributed by atoms with Gasteiger partial charge in [0.05, 0.1) is 0 Å². The molecule has 0 aromatic heterocycles. The number of hydrogen-bond donors (Lipinski definition) is 1. The van der Waals surface area contributed by atoms with Gasteiger partial charge in [0.1, 0.15) is 5.82 Å². The van der Waals surface area contributed by atoms with E-state index in [-0.39, 0.29) is 11.9 Å².